The van der Waals surface area contributed by atoms with Gasteiger partial charge in [0.05, 0.1) is 9.82 Å². The summed E-state index contributed by atoms with van der Waals surface area (Å²) in [6.45, 7) is 2.81. The fourth-order valence-corrected chi connectivity index (χ4v) is 4.77. The maximum absolute atomic E-state index is 12.8. The predicted octanol–water partition coefficient (Wildman–Crippen LogP) is 2.46. The van der Waals surface area contributed by atoms with Gasteiger partial charge in [-0.1, -0.05) is 25.5 Å². The second kappa shape index (κ2) is 9.88. The van der Waals surface area contributed by atoms with E-state index in [-0.39, 0.29) is 49.3 Å². The SMILES string of the molecule is CCCc1ccc(OCC(=O)N2CCN(S(=O)(=O)c3ccc([N+](=O)[O-])cc3)CC2)cc1. The third-order valence-electron chi connectivity index (χ3n) is 5.10. The smallest absolute Gasteiger partial charge is 0.269 e. The maximum atomic E-state index is 12.8. The Bertz CT molecular complexity index is 1010. The van der Waals surface area contributed by atoms with Crippen molar-refractivity contribution >= 4 is 21.6 Å². The lowest BCUT2D eigenvalue weighted by Gasteiger charge is -2.33. The molecule has 31 heavy (non-hydrogen) atoms. The summed E-state index contributed by atoms with van der Waals surface area (Å²) < 4.78 is 32.4. The summed E-state index contributed by atoms with van der Waals surface area (Å²) in [5.41, 5.74) is 1.04. The molecule has 0 aromatic heterocycles. The number of carbonyl (C=O) groups is 1. The number of sulfonamides is 1. The number of ether oxygens (including phenoxy) is 1. The Labute approximate surface area is 181 Å². The second-order valence-corrected chi connectivity index (χ2v) is 9.16. The summed E-state index contributed by atoms with van der Waals surface area (Å²) >= 11 is 0. The Hall–Kier alpha value is -2.98. The average Bonchev–Trinajstić information content (AvgIpc) is 2.78. The molecule has 1 saturated heterocycles. The molecular formula is C21H25N3O6S. The van der Waals surface area contributed by atoms with Crippen molar-refractivity contribution in [3.05, 3.63) is 64.2 Å². The molecule has 2 aromatic rings. The molecule has 166 valence electrons. The zero-order chi connectivity index (χ0) is 22.4. The van der Waals surface area contributed by atoms with E-state index in [2.05, 4.69) is 6.92 Å². The molecule has 1 aliphatic heterocycles. The number of aryl methyl sites for hydroxylation is 1. The van der Waals surface area contributed by atoms with Gasteiger partial charge in [0.15, 0.2) is 6.61 Å². The summed E-state index contributed by atoms with van der Waals surface area (Å²) in [6.07, 6.45) is 2.05. The van der Waals surface area contributed by atoms with Crippen LogP contribution in [0.15, 0.2) is 53.4 Å². The minimum absolute atomic E-state index is 0.00673. The monoisotopic (exact) mass is 447 g/mol. The number of piperazine rings is 1. The number of carbonyl (C=O) groups excluding carboxylic acids is 1. The number of benzene rings is 2. The van der Waals surface area contributed by atoms with Gasteiger partial charge in [-0.05, 0) is 36.2 Å². The number of amides is 1. The van der Waals surface area contributed by atoms with Gasteiger partial charge in [-0.25, -0.2) is 8.42 Å². The highest BCUT2D eigenvalue weighted by Gasteiger charge is 2.30. The average molecular weight is 448 g/mol. The lowest BCUT2D eigenvalue weighted by molar-refractivity contribution is -0.384. The van der Waals surface area contributed by atoms with Crippen molar-refractivity contribution in [2.45, 2.75) is 24.7 Å². The van der Waals surface area contributed by atoms with Crippen LogP contribution in [0.5, 0.6) is 5.75 Å². The first-order valence-corrected chi connectivity index (χ1v) is 11.5. The molecular weight excluding hydrogens is 422 g/mol. The highest BCUT2D eigenvalue weighted by atomic mass is 32.2. The summed E-state index contributed by atoms with van der Waals surface area (Å²) in [7, 11) is -3.78. The van der Waals surface area contributed by atoms with E-state index in [1.54, 1.807) is 4.90 Å². The third-order valence-corrected chi connectivity index (χ3v) is 7.01. The molecule has 0 unspecified atom stereocenters. The Morgan fingerprint density at radius 2 is 1.65 bits per heavy atom. The van der Waals surface area contributed by atoms with Crippen LogP contribution < -0.4 is 4.74 Å². The number of hydrogen-bond acceptors (Lipinski definition) is 6. The molecule has 0 atom stereocenters. The first-order chi connectivity index (χ1) is 14.8. The van der Waals surface area contributed by atoms with Gasteiger partial charge in [-0.2, -0.15) is 4.31 Å². The van der Waals surface area contributed by atoms with Gasteiger partial charge in [0.25, 0.3) is 11.6 Å². The van der Waals surface area contributed by atoms with E-state index in [1.807, 2.05) is 24.3 Å². The van der Waals surface area contributed by atoms with Crippen molar-refractivity contribution in [3.8, 4) is 5.75 Å². The predicted molar refractivity (Wildman–Crippen MR) is 114 cm³/mol. The Kier molecular flexibility index (Phi) is 7.24. The molecule has 0 spiro atoms. The molecule has 1 aliphatic rings. The lowest BCUT2D eigenvalue weighted by Crippen LogP contribution is -2.51. The van der Waals surface area contributed by atoms with E-state index in [0.29, 0.717) is 5.75 Å². The van der Waals surface area contributed by atoms with Crippen molar-refractivity contribution < 1.29 is 22.9 Å². The van der Waals surface area contributed by atoms with Crippen LogP contribution in [0, 0.1) is 10.1 Å². The molecule has 0 radical (unpaired) electrons. The number of nitro groups is 1. The van der Waals surface area contributed by atoms with Crippen molar-refractivity contribution in [3.63, 3.8) is 0 Å². The van der Waals surface area contributed by atoms with E-state index in [1.165, 1.54) is 34.1 Å². The summed E-state index contributed by atoms with van der Waals surface area (Å²) in [5.74, 6) is 0.414. The van der Waals surface area contributed by atoms with Crippen LogP contribution in [0.2, 0.25) is 0 Å². The van der Waals surface area contributed by atoms with Crippen LogP contribution in [0.4, 0.5) is 5.69 Å². The van der Waals surface area contributed by atoms with Crippen molar-refractivity contribution in [1.82, 2.24) is 9.21 Å². The van der Waals surface area contributed by atoms with Gasteiger partial charge < -0.3 is 9.64 Å². The fraction of sp³-hybridized carbons (Fsp3) is 0.381. The van der Waals surface area contributed by atoms with Crippen molar-refractivity contribution in [2.75, 3.05) is 32.8 Å². The minimum atomic E-state index is -3.78. The Morgan fingerprint density at radius 3 is 2.19 bits per heavy atom. The molecule has 0 bridgehead atoms. The molecule has 0 aliphatic carbocycles. The lowest BCUT2D eigenvalue weighted by atomic mass is 10.1. The molecule has 1 fully saturated rings. The van der Waals surface area contributed by atoms with E-state index >= 15 is 0 Å². The van der Waals surface area contributed by atoms with Gasteiger partial charge in [0, 0.05) is 38.3 Å². The van der Waals surface area contributed by atoms with Crippen molar-refractivity contribution in [1.29, 1.82) is 0 Å². The maximum Gasteiger partial charge on any atom is 0.269 e. The van der Waals surface area contributed by atoms with Crippen LogP contribution in [-0.4, -0.2) is 61.2 Å². The van der Waals surface area contributed by atoms with Gasteiger partial charge in [-0.15, -0.1) is 0 Å². The normalized spacial score (nSPS) is 14.9. The summed E-state index contributed by atoms with van der Waals surface area (Å²) in [6, 6.07) is 12.4. The number of rotatable bonds is 8. The van der Waals surface area contributed by atoms with E-state index < -0.39 is 14.9 Å². The Balaban J connectivity index is 1.52. The second-order valence-electron chi connectivity index (χ2n) is 7.22. The first kappa shape index (κ1) is 22.7. The standard InChI is InChI=1S/C21H25N3O6S/c1-2-3-17-4-8-19(9-5-17)30-16-21(25)22-12-14-23(15-13-22)31(28,29)20-10-6-18(7-11-20)24(26)27/h4-11H,2-3,12-16H2,1H3. The zero-order valence-electron chi connectivity index (χ0n) is 17.3. The zero-order valence-corrected chi connectivity index (χ0v) is 18.1. The van der Waals surface area contributed by atoms with Crippen LogP contribution in [-0.2, 0) is 21.2 Å². The van der Waals surface area contributed by atoms with Gasteiger partial charge in [-0.3, -0.25) is 14.9 Å². The first-order valence-electron chi connectivity index (χ1n) is 10.1. The van der Waals surface area contributed by atoms with E-state index in [9.17, 15) is 23.3 Å². The number of hydrogen-bond donors (Lipinski definition) is 0. The molecule has 1 heterocycles. The fourth-order valence-electron chi connectivity index (χ4n) is 3.34. The molecule has 0 N–H and O–H groups in total. The van der Waals surface area contributed by atoms with Crippen LogP contribution >= 0.6 is 0 Å². The van der Waals surface area contributed by atoms with Crippen molar-refractivity contribution in [2.24, 2.45) is 0 Å². The van der Waals surface area contributed by atoms with Gasteiger partial charge in [0.1, 0.15) is 5.75 Å². The van der Waals surface area contributed by atoms with Crippen LogP contribution in [0.3, 0.4) is 0 Å². The number of nitrogens with zero attached hydrogens (tertiary/aromatic N) is 3. The molecule has 0 saturated carbocycles. The summed E-state index contributed by atoms with van der Waals surface area (Å²) in [4.78, 5) is 24.2. The number of non-ortho nitro benzene ring substituents is 1. The highest BCUT2D eigenvalue weighted by molar-refractivity contribution is 7.89. The molecule has 3 rings (SSSR count). The molecule has 10 heteroatoms. The summed E-state index contributed by atoms with van der Waals surface area (Å²) in [5, 5.41) is 10.7. The van der Waals surface area contributed by atoms with Gasteiger partial charge in [0.2, 0.25) is 10.0 Å². The quantitative estimate of drug-likeness (QED) is 0.454. The number of nitro benzene ring substituents is 1. The Morgan fingerprint density at radius 1 is 1.03 bits per heavy atom. The van der Waals surface area contributed by atoms with Gasteiger partial charge >= 0.3 is 0 Å². The third kappa shape index (κ3) is 5.59. The van der Waals surface area contributed by atoms with Crippen LogP contribution in [0.1, 0.15) is 18.9 Å². The van der Waals surface area contributed by atoms with E-state index in [0.717, 1.165) is 12.8 Å². The minimum Gasteiger partial charge on any atom is -0.484 e. The topological polar surface area (TPSA) is 110 Å². The van der Waals surface area contributed by atoms with E-state index in [4.69, 9.17) is 4.74 Å². The molecule has 1 amide bonds. The largest absolute Gasteiger partial charge is 0.484 e. The van der Waals surface area contributed by atoms with Crippen LogP contribution in [0.25, 0.3) is 0 Å². The molecule has 2 aromatic carbocycles. The molecule has 9 nitrogen and oxygen atoms in total. The highest BCUT2D eigenvalue weighted by Crippen LogP contribution is 2.21.